The van der Waals surface area contributed by atoms with E-state index in [2.05, 4.69) is 9.73 Å². The van der Waals surface area contributed by atoms with Crippen LogP contribution in [0.1, 0.15) is 43.5 Å². The molecule has 51 heavy (non-hydrogen) atoms. The van der Waals surface area contributed by atoms with E-state index in [1.54, 1.807) is 69.3 Å². The van der Waals surface area contributed by atoms with Crippen molar-refractivity contribution in [1.29, 1.82) is 0 Å². The van der Waals surface area contributed by atoms with Gasteiger partial charge in [-0.3, -0.25) is 19.5 Å². The lowest BCUT2D eigenvalue weighted by atomic mass is 9.95. The molecule has 0 spiro atoms. The number of carbonyl (C=O) groups is 2. The van der Waals surface area contributed by atoms with Crippen LogP contribution in [0.3, 0.4) is 0 Å². The number of carbonyl (C=O) groups excluding carboxylic acids is 2. The number of esters is 2. The van der Waals surface area contributed by atoms with Crippen molar-refractivity contribution in [3.05, 3.63) is 122 Å². The molecule has 1 aromatic heterocycles. The minimum absolute atomic E-state index is 0.0433. The molecular weight excluding hydrogens is 725 g/mol. The Morgan fingerprint density at radius 3 is 2.33 bits per heavy atom. The number of allylic oxidation sites excluding steroid dienone is 1. The van der Waals surface area contributed by atoms with Crippen molar-refractivity contribution >= 4 is 58.2 Å². The number of rotatable bonds is 13. The van der Waals surface area contributed by atoms with Gasteiger partial charge < -0.3 is 23.7 Å². The summed E-state index contributed by atoms with van der Waals surface area (Å²) in [6.07, 6.45) is 1.61. The van der Waals surface area contributed by atoms with Crippen molar-refractivity contribution < 1.29 is 38.2 Å². The van der Waals surface area contributed by atoms with Crippen LogP contribution in [0.25, 0.3) is 6.08 Å². The fourth-order valence-corrected chi connectivity index (χ4v) is 6.87. The summed E-state index contributed by atoms with van der Waals surface area (Å²) < 4.78 is 29.0. The largest absolute Gasteiger partial charge is 0.490 e. The van der Waals surface area contributed by atoms with Crippen LogP contribution >= 0.6 is 34.5 Å². The minimum Gasteiger partial charge on any atom is -0.490 e. The highest BCUT2D eigenvalue weighted by molar-refractivity contribution is 7.07. The van der Waals surface area contributed by atoms with Crippen LogP contribution in [0.2, 0.25) is 10.0 Å². The molecule has 16 heteroatoms. The zero-order valence-electron chi connectivity index (χ0n) is 27.8. The zero-order chi connectivity index (χ0) is 36.8. The molecule has 0 unspecified atom stereocenters. The third kappa shape index (κ3) is 8.25. The van der Waals surface area contributed by atoms with E-state index in [4.69, 9.17) is 42.1 Å². The number of ether oxygens (including phenoxy) is 5. The number of hydrogen-bond donors (Lipinski definition) is 0. The molecule has 2 heterocycles. The molecule has 13 nitrogen and oxygen atoms in total. The fourth-order valence-electron chi connectivity index (χ4n) is 5.21. The number of nitrogens with zero attached hydrogens (tertiary/aromatic N) is 3. The first-order valence-electron chi connectivity index (χ1n) is 15.5. The Morgan fingerprint density at radius 1 is 1.00 bits per heavy atom. The number of fused-ring (bicyclic) bond motifs is 1. The van der Waals surface area contributed by atoms with E-state index < -0.39 is 28.5 Å². The molecule has 0 saturated carbocycles. The number of aromatic nitrogens is 1. The Hall–Kier alpha value is -5.18. The maximum Gasteiger partial charge on any atom is 0.343 e. The number of benzene rings is 3. The smallest absolute Gasteiger partial charge is 0.343 e. The molecule has 0 saturated heterocycles. The van der Waals surface area contributed by atoms with Crippen molar-refractivity contribution in [3.63, 3.8) is 0 Å². The van der Waals surface area contributed by atoms with Crippen molar-refractivity contribution in [2.24, 2.45) is 4.99 Å². The third-order valence-corrected chi connectivity index (χ3v) is 9.07. The fraction of sp³-hybridized carbons (Fsp3) is 0.257. The van der Waals surface area contributed by atoms with Crippen LogP contribution in [-0.2, 0) is 25.7 Å². The maximum atomic E-state index is 14.2. The second-order valence-corrected chi connectivity index (χ2v) is 12.7. The predicted octanol–water partition coefficient (Wildman–Crippen LogP) is 5.54. The summed E-state index contributed by atoms with van der Waals surface area (Å²) in [6.45, 7) is 5.22. The summed E-state index contributed by atoms with van der Waals surface area (Å²) in [7, 11) is 1.25. The van der Waals surface area contributed by atoms with Crippen LogP contribution in [0.4, 0.5) is 5.69 Å². The molecule has 0 N–H and O–H groups in total. The van der Waals surface area contributed by atoms with Gasteiger partial charge in [-0.1, -0.05) is 40.6 Å². The van der Waals surface area contributed by atoms with E-state index in [1.807, 2.05) is 0 Å². The molecule has 5 rings (SSSR count). The second-order valence-electron chi connectivity index (χ2n) is 10.8. The van der Waals surface area contributed by atoms with Crippen LogP contribution in [0, 0.1) is 10.1 Å². The predicted molar refractivity (Wildman–Crippen MR) is 189 cm³/mol. The van der Waals surface area contributed by atoms with Crippen LogP contribution < -0.4 is 29.1 Å². The number of thiazole rings is 1. The van der Waals surface area contributed by atoms with Gasteiger partial charge in [-0.2, -0.15) is 0 Å². The Balaban J connectivity index is 1.54. The quantitative estimate of drug-likeness (QED) is 0.0964. The number of non-ortho nitro benzene ring substituents is 1. The number of methoxy groups -OCH3 is 1. The Kier molecular flexibility index (Phi) is 11.8. The zero-order valence-corrected chi connectivity index (χ0v) is 30.1. The van der Waals surface area contributed by atoms with Crippen molar-refractivity contribution in [1.82, 2.24) is 4.57 Å². The highest BCUT2D eigenvalue weighted by atomic mass is 35.5. The third-order valence-electron chi connectivity index (χ3n) is 7.52. The summed E-state index contributed by atoms with van der Waals surface area (Å²) in [6, 6.07) is 13.0. The molecule has 0 bridgehead atoms. The summed E-state index contributed by atoms with van der Waals surface area (Å²) in [5.74, 6) is -0.451. The first-order chi connectivity index (χ1) is 24.4. The van der Waals surface area contributed by atoms with Crippen molar-refractivity contribution in [2.75, 3.05) is 26.9 Å². The molecular formula is C35H31Cl2N3O10S. The second kappa shape index (κ2) is 16.2. The van der Waals surface area contributed by atoms with Gasteiger partial charge in [-0.05, 0) is 79.9 Å². The molecule has 0 fully saturated rings. The van der Waals surface area contributed by atoms with Gasteiger partial charge in [-0.25, -0.2) is 14.6 Å². The number of nitro benzene ring substituents is 1. The van der Waals surface area contributed by atoms with E-state index in [9.17, 15) is 24.5 Å². The van der Waals surface area contributed by atoms with E-state index in [0.717, 1.165) is 11.3 Å². The maximum absolute atomic E-state index is 14.2. The van der Waals surface area contributed by atoms with Gasteiger partial charge in [0.15, 0.2) is 28.7 Å². The van der Waals surface area contributed by atoms with E-state index in [0.29, 0.717) is 32.9 Å². The topological polar surface area (TPSA) is 158 Å². The highest BCUT2D eigenvalue weighted by Gasteiger charge is 2.34. The van der Waals surface area contributed by atoms with Crippen LogP contribution in [0.5, 0.6) is 17.2 Å². The average molecular weight is 757 g/mol. The molecule has 0 amide bonds. The molecule has 1 aliphatic heterocycles. The molecule has 0 radical (unpaired) electrons. The van der Waals surface area contributed by atoms with Gasteiger partial charge in [0, 0.05) is 12.1 Å². The van der Waals surface area contributed by atoms with Crippen LogP contribution in [-0.4, -0.2) is 48.4 Å². The van der Waals surface area contributed by atoms with E-state index in [1.165, 1.54) is 23.8 Å². The molecule has 1 atom stereocenters. The first-order valence-corrected chi connectivity index (χ1v) is 17.0. The van der Waals surface area contributed by atoms with Crippen molar-refractivity contribution in [3.8, 4) is 17.2 Å². The molecule has 266 valence electrons. The monoisotopic (exact) mass is 755 g/mol. The summed E-state index contributed by atoms with van der Waals surface area (Å²) >= 11 is 14.2. The molecule has 4 aromatic rings. The van der Waals surface area contributed by atoms with Crippen molar-refractivity contribution in [2.45, 2.75) is 33.4 Å². The lowest BCUT2D eigenvalue weighted by molar-refractivity contribution is -0.384. The van der Waals surface area contributed by atoms with Gasteiger partial charge in [0.2, 0.25) is 0 Å². The lowest BCUT2D eigenvalue weighted by Crippen LogP contribution is -2.40. The van der Waals surface area contributed by atoms with Gasteiger partial charge in [0.25, 0.3) is 11.2 Å². The SMILES string of the molecule is CCOC(=O)C1=C(C)N=c2s/c(=C\c3cc(Cl)c(OCc4ccc([N+](=O)[O-])cc4)c(Cl)c3)c(=O)n2[C@@H]1c1ccc(OCC(=O)OC)c(OCC)c1. The molecule has 0 aliphatic carbocycles. The number of hydrogen-bond acceptors (Lipinski definition) is 12. The normalized spacial score (nSPS) is 14.0. The van der Waals surface area contributed by atoms with Gasteiger partial charge >= 0.3 is 11.9 Å². The molecule has 1 aliphatic rings. The molecule has 3 aromatic carbocycles. The van der Waals surface area contributed by atoms with Gasteiger partial charge in [0.1, 0.15) is 6.61 Å². The Morgan fingerprint density at radius 2 is 1.71 bits per heavy atom. The number of nitro groups is 1. The van der Waals surface area contributed by atoms with Crippen LogP contribution in [0.15, 0.2) is 75.7 Å². The Bertz CT molecular complexity index is 2190. The summed E-state index contributed by atoms with van der Waals surface area (Å²) in [5.41, 5.74) is 1.74. The van der Waals surface area contributed by atoms with Gasteiger partial charge in [-0.15, -0.1) is 0 Å². The Labute approximate surface area is 305 Å². The lowest BCUT2D eigenvalue weighted by Gasteiger charge is -2.25. The standard InChI is InChI=1S/C35H31Cl2N3O10S/c1-5-47-27-16-22(9-12-26(27)49-18-29(41)46-4)31-30(34(43)48-6-2)19(3)38-35-39(31)33(42)28(51-35)15-21-13-24(36)32(25(37)14-21)50-17-20-7-10-23(11-8-20)40(44)45/h7-16,31H,5-6,17-18H2,1-4H3/b28-15-/t31-/m1/s1. The average Bonchev–Trinajstić information content (AvgIpc) is 3.40. The van der Waals surface area contributed by atoms with E-state index >= 15 is 0 Å². The first kappa shape index (κ1) is 37.1. The summed E-state index contributed by atoms with van der Waals surface area (Å²) in [5, 5.41) is 11.3. The van der Waals surface area contributed by atoms with Gasteiger partial charge in [0.05, 0.1) is 57.1 Å². The minimum atomic E-state index is -0.946. The summed E-state index contributed by atoms with van der Waals surface area (Å²) in [4.78, 5) is 54.6. The highest BCUT2D eigenvalue weighted by Crippen LogP contribution is 2.37. The van der Waals surface area contributed by atoms with E-state index in [-0.39, 0.29) is 63.8 Å². The number of halogens is 2.